The zero-order chi connectivity index (χ0) is 21.1. The van der Waals surface area contributed by atoms with E-state index in [9.17, 15) is 0 Å². The van der Waals surface area contributed by atoms with Crippen molar-refractivity contribution in [3.63, 3.8) is 0 Å². The summed E-state index contributed by atoms with van der Waals surface area (Å²) in [5.41, 5.74) is 3.17. The van der Waals surface area contributed by atoms with Gasteiger partial charge < -0.3 is 18.9 Å². The maximum Gasteiger partial charge on any atom is 0.223 e. The van der Waals surface area contributed by atoms with E-state index in [0.29, 0.717) is 26.4 Å². The van der Waals surface area contributed by atoms with E-state index in [1.807, 2.05) is 91.0 Å². The second-order valence-corrected chi connectivity index (χ2v) is 7.32. The molecule has 3 atom stereocenters. The smallest absolute Gasteiger partial charge is 0.223 e. The summed E-state index contributed by atoms with van der Waals surface area (Å²) in [7, 11) is 0. The molecule has 1 unspecified atom stereocenters. The lowest BCUT2D eigenvalue weighted by Crippen LogP contribution is -2.31. The van der Waals surface area contributed by atoms with Gasteiger partial charge in [-0.2, -0.15) is 0 Å². The number of ether oxygens (including phenoxy) is 4. The van der Waals surface area contributed by atoms with Crippen LogP contribution in [0.3, 0.4) is 0 Å². The van der Waals surface area contributed by atoms with Gasteiger partial charge in [-0.15, -0.1) is 0 Å². The van der Waals surface area contributed by atoms with Crippen LogP contribution in [-0.2, 0) is 32.2 Å². The Kier molecular flexibility index (Phi) is 7.87. The van der Waals surface area contributed by atoms with Gasteiger partial charge in [0.25, 0.3) is 0 Å². The second kappa shape index (κ2) is 11.5. The molecule has 1 aliphatic rings. The van der Waals surface area contributed by atoms with Crippen molar-refractivity contribution in [2.45, 2.75) is 31.7 Å². The number of hydrogen-bond donors (Lipinski definition) is 0. The molecule has 0 N–H and O–H groups in total. The highest BCUT2D eigenvalue weighted by Crippen LogP contribution is 2.21. The minimum atomic E-state index is -0.601. The van der Waals surface area contributed by atoms with E-state index in [1.54, 1.807) is 0 Å². The molecular formula is C27H26O4. The van der Waals surface area contributed by atoms with Crippen molar-refractivity contribution >= 4 is 0 Å². The van der Waals surface area contributed by atoms with Crippen molar-refractivity contribution in [1.29, 1.82) is 0 Å². The fourth-order valence-corrected chi connectivity index (χ4v) is 3.28. The van der Waals surface area contributed by atoms with Crippen LogP contribution >= 0.6 is 0 Å². The molecule has 3 aromatic rings. The van der Waals surface area contributed by atoms with Crippen molar-refractivity contribution < 1.29 is 18.9 Å². The predicted molar refractivity (Wildman–Crippen MR) is 119 cm³/mol. The molecule has 0 radical (unpaired) electrons. The molecule has 0 aliphatic carbocycles. The zero-order valence-electron chi connectivity index (χ0n) is 17.4. The lowest BCUT2D eigenvalue weighted by Gasteiger charge is -2.17. The second-order valence-electron chi connectivity index (χ2n) is 7.32. The van der Waals surface area contributed by atoms with Gasteiger partial charge in [-0.3, -0.25) is 0 Å². The lowest BCUT2D eigenvalue weighted by molar-refractivity contribution is -0.0418. The highest BCUT2D eigenvalue weighted by atomic mass is 16.7. The molecule has 0 bridgehead atoms. The summed E-state index contributed by atoms with van der Waals surface area (Å²) in [5.74, 6) is 6.18. The Hall–Kier alpha value is -2.94. The Morgan fingerprint density at radius 2 is 1.06 bits per heavy atom. The molecule has 0 spiro atoms. The molecule has 0 amide bonds. The van der Waals surface area contributed by atoms with Gasteiger partial charge in [0.15, 0.2) is 0 Å². The van der Waals surface area contributed by atoms with Gasteiger partial charge in [-0.25, -0.2) is 0 Å². The van der Waals surface area contributed by atoms with Gasteiger partial charge in [0.05, 0.1) is 26.4 Å². The van der Waals surface area contributed by atoms with E-state index < -0.39 is 6.29 Å². The van der Waals surface area contributed by atoms with Crippen LogP contribution in [0.2, 0.25) is 0 Å². The average Bonchev–Trinajstić information content (AvgIpc) is 3.21. The highest BCUT2D eigenvalue weighted by molar-refractivity contribution is 5.34. The normalized spacial score (nSPS) is 20.2. The summed E-state index contributed by atoms with van der Waals surface area (Å²) in [6.45, 7) is 1.88. The van der Waals surface area contributed by atoms with Crippen LogP contribution in [0.25, 0.3) is 0 Å². The Balaban J connectivity index is 1.33. The summed E-state index contributed by atoms with van der Waals surface area (Å²) in [6, 6.07) is 30.0. The maximum atomic E-state index is 6.04. The SMILES string of the molecule is C(#CC1O[C@@H](COCc2ccccc2)[C@@H](COCc2ccccc2)O1)c1ccccc1. The first-order valence-electron chi connectivity index (χ1n) is 10.5. The Morgan fingerprint density at radius 3 is 1.55 bits per heavy atom. The third kappa shape index (κ3) is 6.78. The van der Waals surface area contributed by atoms with Crippen LogP contribution in [-0.4, -0.2) is 31.7 Å². The Morgan fingerprint density at radius 1 is 0.613 bits per heavy atom. The van der Waals surface area contributed by atoms with E-state index >= 15 is 0 Å². The minimum Gasteiger partial charge on any atom is -0.374 e. The fourth-order valence-electron chi connectivity index (χ4n) is 3.28. The van der Waals surface area contributed by atoms with Gasteiger partial charge in [0.1, 0.15) is 12.2 Å². The maximum absolute atomic E-state index is 6.04. The Bertz CT molecular complexity index is 910. The molecule has 0 saturated carbocycles. The third-order valence-electron chi connectivity index (χ3n) is 4.91. The fraction of sp³-hybridized carbons (Fsp3) is 0.259. The van der Waals surface area contributed by atoms with Crippen molar-refractivity contribution in [3.8, 4) is 11.8 Å². The summed E-state index contributed by atoms with van der Waals surface area (Å²) in [6.07, 6.45) is -1.08. The van der Waals surface area contributed by atoms with Crippen LogP contribution in [0.5, 0.6) is 0 Å². The average molecular weight is 415 g/mol. The van der Waals surface area contributed by atoms with Crippen molar-refractivity contribution in [3.05, 3.63) is 108 Å². The molecule has 1 heterocycles. The molecule has 3 aromatic carbocycles. The zero-order valence-corrected chi connectivity index (χ0v) is 17.4. The standard InChI is InChI=1S/C27H26O4/c1-4-10-22(11-5-1)16-17-27-30-25(20-28-18-23-12-6-2-7-13-23)26(31-27)21-29-19-24-14-8-3-9-15-24/h1-15,25-27H,18-21H2/t25-,26+,27?. The van der Waals surface area contributed by atoms with E-state index in [0.717, 1.165) is 16.7 Å². The summed E-state index contributed by atoms with van der Waals surface area (Å²) >= 11 is 0. The molecule has 158 valence electrons. The van der Waals surface area contributed by atoms with Crippen molar-refractivity contribution in [1.82, 2.24) is 0 Å². The highest BCUT2D eigenvalue weighted by Gasteiger charge is 2.35. The first-order valence-corrected chi connectivity index (χ1v) is 10.5. The van der Waals surface area contributed by atoms with Crippen molar-refractivity contribution in [2.24, 2.45) is 0 Å². The first-order chi connectivity index (χ1) is 15.4. The summed E-state index contributed by atoms with van der Waals surface area (Å²) in [5, 5.41) is 0. The van der Waals surface area contributed by atoms with E-state index in [-0.39, 0.29) is 12.2 Å². The van der Waals surface area contributed by atoms with Crippen LogP contribution in [0.1, 0.15) is 16.7 Å². The molecule has 1 saturated heterocycles. The van der Waals surface area contributed by atoms with Crippen LogP contribution in [0.15, 0.2) is 91.0 Å². The van der Waals surface area contributed by atoms with Gasteiger partial charge >= 0.3 is 0 Å². The topological polar surface area (TPSA) is 36.9 Å². The van der Waals surface area contributed by atoms with Gasteiger partial charge in [0, 0.05) is 5.56 Å². The molecule has 4 rings (SSSR count). The minimum absolute atomic E-state index is 0.241. The monoisotopic (exact) mass is 414 g/mol. The van der Waals surface area contributed by atoms with Crippen LogP contribution < -0.4 is 0 Å². The van der Waals surface area contributed by atoms with E-state index in [1.165, 1.54) is 0 Å². The quantitative estimate of drug-likeness (QED) is 0.506. The predicted octanol–water partition coefficient (Wildman–Crippen LogP) is 4.58. The first kappa shape index (κ1) is 21.3. The lowest BCUT2D eigenvalue weighted by atomic mass is 10.2. The third-order valence-corrected chi connectivity index (χ3v) is 4.91. The Labute approximate surface area is 183 Å². The number of benzene rings is 3. The molecule has 1 aliphatic heterocycles. The molecule has 31 heavy (non-hydrogen) atoms. The van der Waals surface area contributed by atoms with E-state index in [2.05, 4.69) is 11.8 Å². The van der Waals surface area contributed by atoms with Gasteiger partial charge in [-0.1, -0.05) is 84.8 Å². The number of hydrogen-bond acceptors (Lipinski definition) is 4. The molecule has 4 nitrogen and oxygen atoms in total. The molecule has 0 aromatic heterocycles. The molecular weight excluding hydrogens is 388 g/mol. The van der Waals surface area contributed by atoms with E-state index in [4.69, 9.17) is 18.9 Å². The van der Waals surface area contributed by atoms with Crippen LogP contribution in [0, 0.1) is 11.8 Å². The van der Waals surface area contributed by atoms with Crippen LogP contribution in [0.4, 0.5) is 0 Å². The summed E-state index contributed by atoms with van der Waals surface area (Å²) in [4.78, 5) is 0. The molecule has 1 fully saturated rings. The largest absolute Gasteiger partial charge is 0.374 e. The van der Waals surface area contributed by atoms with Crippen molar-refractivity contribution in [2.75, 3.05) is 13.2 Å². The van der Waals surface area contributed by atoms with Gasteiger partial charge in [-0.05, 0) is 29.2 Å². The van der Waals surface area contributed by atoms with Gasteiger partial charge in [0.2, 0.25) is 6.29 Å². The molecule has 4 heteroatoms. The summed E-state index contributed by atoms with van der Waals surface area (Å²) < 4.78 is 23.9. The number of rotatable bonds is 8.